The number of nitrogens with one attached hydrogen (secondary N) is 1. The van der Waals surface area contributed by atoms with E-state index in [4.69, 9.17) is 9.47 Å². The zero-order valence-electron chi connectivity index (χ0n) is 16.5. The summed E-state index contributed by atoms with van der Waals surface area (Å²) in [6.45, 7) is 4.49. The SMILES string of the molecule is CCOc1ccc(C(C)NC(=O)c2ccc3c4c(cccc24)CC3)cc1OC. The molecule has 1 aliphatic carbocycles. The van der Waals surface area contributed by atoms with Crippen LogP contribution < -0.4 is 14.8 Å². The first kappa shape index (κ1) is 18.4. The van der Waals surface area contributed by atoms with E-state index in [1.165, 1.54) is 16.5 Å². The van der Waals surface area contributed by atoms with Crippen LogP contribution in [-0.2, 0) is 12.8 Å². The summed E-state index contributed by atoms with van der Waals surface area (Å²) in [5, 5.41) is 5.43. The number of rotatable bonds is 6. The molecule has 1 amide bonds. The highest BCUT2D eigenvalue weighted by molar-refractivity contribution is 6.09. The number of benzene rings is 3. The Balaban J connectivity index is 1.60. The molecule has 0 aliphatic heterocycles. The van der Waals surface area contributed by atoms with Crippen molar-refractivity contribution in [2.24, 2.45) is 0 Å². The largest absolute Gasteiger partial charge is 0.493 e. The van der Waals surface area contributed by atoms with Gasteiger partial charge in [-0.05, 0) is 72.4 Å². The van der Waals surface area contributed by atoms with Gasteiger partial charge in [0.25, 0.3) is 5.91 Å². The van der Waals surface area contributed by atoms with Gasteiger partial charge in [0.15, 0.2) is 11.5 Å². The smallest absolute Gasteiger partial charge is 0.252 e. The summed E-state index contributed by atoms with van der Waals surface area (Å²) < 4.78 is 11.0. The van der Waals surface area contributed by atoms with Gasteiger partial charge in [0.2, 0.25) is 0 Å². The molecule has 3 aromatic rings. The van der Waals surface area contributed by atoms with Crippen LogP contribution in [0.3, 0.4) is 0 Å². The molecule has 4 rings (SSSR count). The number of amides is 1. The summed E-state index contributed by atoms with van der Waals surface area (Å²) in [5.74, 6) is 1.32. The lowest BCUT2D eigenvalue weighted by Gasteiger charge is -2.18. The fourth-order valence-electron chi connectivity index (χ4n) is 4.03. The van der Waals surface area contributed by atoms with E-state index in [9.17, 15) is 4.79 Å². The highest BCUT2D eigenvalue weighted by atomic mass is 16.5. The van der Waals surface area contributed by atoms with Crippen LogP contribution in [0.15, 0.2) is 48.5 Å². The number of methoxy groups -OCH3 is 1. The molecule has 0 fully saturated rings. The van der Waals surface area contributed by atoms with Crippen molar-refractivity contribution in [3.05, 3.63) is 70.8 Å². The van der Waals surface area contributed by atoms with E-state index >= 15 is 0 Å². The van der Waals surface area contributed by atoms with Crippen LogP contribution in [0.1, 0.15) is 46.9 Å². The average Bonchev–Trinajstić information content (AvgIpc) is 3.13. The van der Waals surface area contributed by atoms with E-state index in [1.807, 2.05) is 50.2 Å². The second-order valence-corrected chi connectivity index (χ2v) is 7.15. The summed E-state index contributed by atoms with van der Waals surface area (Å²) in [7, 11) is 1.62. The summed E-state index contributed by atoms with van der Waals surface area (Å²) in [6.07, 6.45) is 2.11. The molecule has 1 N–H and O–H groups in total. The maximum Gasteiger partial charge on any atom is 0.252 e. The first-order valence-electron chi connectivity index (χ1n) is 9.77. The molecule has 1 aliphatic rings. The molecule has 0 saturated heterocycles. The van der Waals surface area contributed by atoms with Gasteiger partial charge < -0.3 is 14.8 Å². The van der Waals surface area contributed by atoms with Crippen molar-refractivity contribution in [3.8, 4) is 11.5 Å². The van der Waals surface area contributed by atoms with E-state index in [1.54, 1.807) is 7.11 Å². The molecule has 0 spiro atoms. The Morgan fingerprint density at radius 3 is 2.61 bits per heavy atom. The first-order valence-corrected chi connectivity index (χ1v) is 9.77. The normalized spacial score (nSPS) is 13.4. The molecule has 0 bridgehead atoms. The Kier molecular flexibility index (Phi) is 4.95. The van der Waals surface area contributed by atoms with Gasteiger partial charge in [-0.2, -0.15) is 0 Å². The third kappa shape index (κ3) is 3.19. The molecule has 144 valence electrons. The Bertz CT molecular complexity index is 1030. The zero-order valence-corrected chi connectivity index (χ0v) is 16.5. The van der Waals surface area contributed by atoms with Crippen LogP contribution in [0.4, 0.5) is 0 Å². The van der Waals surface area contributed by atoms with Gasteiger partial charge in [0, 0.05) is 5.56 Å². The van der Waals surface area contributed by atoms with Gasteiger partial charge in [-0.3, -0.25) is 4.79 Å². The Hall–Kier alpha value is -3.01. The average molecular weight is 375 g/mol. The lowest BCUT2D eigenvalue weighted by atomic mass is 9.99. The standard InChI is InChI=1S/C24H25NO3/c1-4-28-21-13-11-18(14-22(21)27-3)15(2)25-24(26)20-12-10-17-9-8-16-6-5-7-19(20)23(16)17/h5-7,10-15H,4,8-9H2,1-3H3,(H,25,26). The van der Waals surface area contributed by atoms with E-state index in [2.05, 4.69) is 17.4 Å². The predicted octanol–water partition coefficient (Wildman–Crippen LogP) is 4.84. The number of hydrogen-bond donors (Lipinski definition) is 1. The van der Waals surface area contributed by atoms with Crippen molar-refractivity contribution in [2.75, 3.05) is 13.7 Å². The molecule has 1 unspecified atom stereocenters. The van der Waals surface area contributed by atoms with Gasteiger partial charge in [0.1, 0.15) is 0 Å². The van der Waals surface area contributed by atoms with Crippen LogP contribution in [0.2, 0.25) is 0 Å². The molecule has 0 saturated carbocycles. The van der Waals surface area contributed by atoms with E-state index < -0.39 is 0 Å². The summed E-state index contributed by atoms with van der Waals surface area (Å²) in [6, 6.07) is 15.9. The number of ether oxygens (including phenoxy) is 2. The molecule has 0 heterocycles. The number of carbonyl (C=O) groups is 1. The van der Waals surface area contributed by atoms with Crippen molar-refractivity contribution in [1.29, 1.82) is 0 Å². The Morgan fingerprint density at radius 2 is 1.86 bits per heavy atom. The maximum absolute atomic E-state index is 13.0. The topological polar surface area (TPSA) is 47.6 Å². The molecule has 3 aromatic carbocycles. The highest BCUT2D eigenvalue weighted by Gasteiger charge is 2.20. The summed E-state index contributed by atoms with van der Waals surface area (Å²) >= 11 is 0. The quantitative estimate of drug-likeness (QED) is 0.671. The second-order valence-electron chi connectivity index (χ2n) is 7.15. The van der Waals surface area contributed by atoms with E-state index in [-0.39, 0.29) is 11.9 Å². The molecule has 28 heavy (non-hydrogen) atoms. The molecule has 4 heteroatoms. The van der Waals surface area contributed by atoms with Crippen molar-refractivity contribution >= 4 is 16.7 Å². The summed E-state index contributed by atoms with van der Waals surface area (Å²) in [4.78, 5) is 13.0. The third-order valence-electron chi connectivity index (χ3n) is 5.46. The summed E-state index contributed by atoms with van der Waals surface area (Å²) in [5.41, 5.74) is 4.38. The minimum absolute atomic E-state index is 0.0593. The Labute approximate surface area is 165 Å². The number of hydrogen-bond acceptors (Lipinski definition) is 3. The Morgan fingerprint density at radius 1 is 1.07 bits per heavy atom. The second kappa shape index (κ2) is 7.55. The predicted molar refractivity (Wildman–Crippen MR) is 111 cm³/mol. The molecular formula is C24H25NO3. The lowest BCUT2D eigenvalue weighted by molar-refractivity contribution is 0.0941. The van der Waals surface area contributed by atoms with Gasteiger partial charge in [0.05, 0.1) is 19.8 Å². The first-order chi connectivity index (χ1) is 13.6. The van der Waals surface area contributed by atoms with Crippen LogP contribution in [0, 0.1) is 0 Å². The minimum Gasteiger partial charge on any atom is -0.493 e. The number of aryl methyl sites for hydroxylation is 2. The molecule has 0 radical (unpaired) electrons. The number of carbonyl (C=O) groups excluding carboxylic acids is 1. The van der Waals surface area contributed by atoms with Crippen molar-refractivity contribution in [3.63, 3.8) is 0 Å². The minimum atomic E-state index is -0.153. The van der Waals surface area contributed by atoms with Gasteiger partial charge >= 0.3 is 0 Å². The van der Waals surface area contributed by atoms with E-state index in [0.29, 0.717) is 18.1 Å². The fourth-order valence-corrected chi connectivity index (χ4v) is 4.03. The van der Waals surface area contributed by atoms with E-state index in [0.717, 1.165) is 29.4 Å². The highest BCUT2D eigenvalue weighted by Crippen LogP contribution is 2.33. The van der Waals surface area contributed by atoms with Crippen LogP contribution in [0.5, 0.6) is 11.5 Å². The molecule has 4 nitrogen and oxygen atoms in total. The van der Waals surface area contributed by atoms with Crippen molar-refractivity contribution < 1.29 is 14.3 Å². The van der Waals surface area contributed by atoms with Crippen LogP contribution in [0.25, 0.3) is 10.8 Å². The maximum atomic E-state index is 13.0. The van der Waals surface area contributed by atoms with Crippen LogP contribution >= 0.6 is 0 Å². The van der Waals surface area contributed by atoms with Crippen LogP contribution in [-0.4, -0.2) is 19.6 Å². The lowest BCUT2D eigenvalue weighted by Crippen LogP contribution is -2.26. The fraction of sp³-hybridized carbons (Fsp3) is 0.292. The van der Waals surface area contributed by atoms with Gasteiger partial charge in [-0.25, -0.2) is 0 Å². The van der Waals surface area contributed by atoms with Gasteiger partial charge in [-0.1, -0.05) is 30.3 Å². The molecule has 0 aromatic heterocycles. The third-order valence-corrected chi connectivity index (χ3v) is 5.46. The monoisotopic (exact) mass is 375 g/mol. The zero-order chi connectivity index (χ0) is 19.7. The molecule has 1 atom stereocenters. The molecular weight excluding hydrogens is 350 g/mol. The van der Waals surface area contributed by atoms with Gasteiger partial charge in [-0.15, -0.1) is 0 Å². The van der Waals surface area contributed by atoms with Crippen molar-refractivity contribution in [2.45, 2.75) is 32.7 Å². The van der Waals surface area contributed by atoms with Crippen molar-refractivity contribution in [1.82, 2.24) is 5.32 Å².